The van der Waals surface area contributed by atoms with E-state index in [4.69, 9.17) is 10.5 Å². The molecule has 10 nitrogen and oxygen atoms in total. The van der Waals surface area contributed by atoms with Gasteiger partial charge in [0.25, 0.3) is 5.91 Å². The van der Waals surface area contributed by atoms with Gasteiger partial charge in [-0.25, -0.2) is 26.7 Å². The minimum absolute atomic E-state index is 0.0293. The molecular weight excluding hydrogens is 654 g/mol. The van der Waals surface area contributed by atoms with Crippen LogP contribution in [-0.4, -0.2) is 74.7 Å². The molecule has 49 heavy (non-hydrogen) atoms. The van der Waals surface area contributed by atoms with Crippen LogP contribution in [0.5, 0.6) is 0 Å². The second-order valence-electron chi connectivity index (χ2n) is 12.1. The number of hydrogen-bond acceptors (Lipinski definition) is 8. The maximum atomic E-state index is 14.0. The number of sulfonamides is 1. The van der Waals surface area contributed by atoms with E-state index in [0.717, 1.165) is 41.8 Å². The Balaban J connectivity index is 1.98. The molecule has 3 aromatic carbocycles. The van der Waals surface area contributed by atoms with Crippen molar-refractivity contribution >= 4 is 21.9 Å². The monoisotopic (exact) mass is 702 g/mol. The molecule has 2 unspecified atom stereocenters. The zero-order valence-corrected chi connectivity index (χ0v) is 29.4. The summed E-state index contributed by atoms with van der Waals surface area (Å²) in [7, 11) is -4.27. The average molecular weight is 703 g/mol. The number of nitrogens with zero attached hydrogens (tertiary/aromatic N) is 1. The number of aliphatic hydroxyl groups is 1. The number of hydrogen-bond donors (Lipinski definition) is 4. The van der Waals surface area contributed by atoms with Gasteiger partial charge in [-0.1, -0.05) is 45.0 Å². The summed E-state index contributed by atoms with van der Waals surface area (Å²) < 4.78 is 62.8. The van der Waals surface area contributed by atoms with Gasteiger partial charge in [0.15, 0.2) is 0 Å². The second-order valence-corrected chi connectivity index (χ2v) is 13.9. The highest BCUT2D eigenvalue weighted by molar-refractivity contribution is 7.89. The molecule has 3 aromatic rings. The molecule has 0 aliphatic carbocycles. The van der Waals surface area contributed by atoms with Crippen LogP contribution in [0.4, 0.5) is 8.78 Å². The minimum Gasteiger partial charge on any atom is -0.456 e. The molecule has 1 amide bonds. The van der Waals surface area contributed by atoms with Crippen molar-refractivity contribution in [3.05, 3.63) is 100 Å². The molecule has 3 atom stereocenters. The number of aliphatic hydroxyl groups excluding tert-OH is 1. The molecule has 5 N–H and O–H groups in total. The molecule has 3 rings (SSSR count). The first-order valence-corrected chi connectivity index (χ1v) is 18.1. The van der Waals surface area contributed by atoms with Gasteiger partial charge in [0.05, 0.1) is 17.1 Å². The third kappa shape index (κ3) is 12.0. The Labute approximate surface area is 288 Å². The van der Waals surface area contributed by atoms with Gasteiger partial charge in [0.1, 0.15) is 17.7 Å². The number of carbonyl (C=O) groups is 2. The van der Waals surface area contributed by atoms with Gasteiger partial charge in [-0.15, -0.1) is 0 Å². The molecule has 0 heterocycles. The summed E-state index contributed by atoms with van der Waals surface area (Å²) in [6.45, 7) is 8.18. The Bertz CT molecular complexity index is 1650. The zero-order valence-electron chi connectivity index (χ0n) is 28.5. The maximum Gasteiger partial charge on any atom is 0.338 e. The van der Waals surface area contributed by atoms with Crippen LogP contribution in [0.1, 0.15) is 77.9 Å². The number of halogens is 2. The lowest BCUT2D eigenvalue weighted by Crippen LogP contribution is -2.46. The third-order valence-electron chi connectivity index (χ3n) is 7.81. The van der Waals surface area contributed by atoms with Crippen LogP contribution in [0.25, 0.3) is 0 Å². The van der Waals surface area contributed by atoms with Crippen LogP contribution in [0.15, 0.2) is 65.6 Å². The lowest BCUT2D eigenvalue weighted by molar-refractivity contribution is 0.0237. The van der Waals surface area contributed by atoms with E-state index in [9.17, 15) is 31.9 Å². The first kappa shape index (κ1) is 39.7. The number of ether oxygens (including phenoxy) is 1. The number of benzene rings is 3. The Kier molecular flexibility index (Phi) is 15.3. The molecule has 0 aliphatic heterocycles. The molecule has 0 radical (unpaired) electrons. The Hall–Kier alpha value is -3.75. The first-order valence-electron chi connectivity index (χ1n) is 16.6. The van der Waals surface area contributed by atoms with Gasteiger partial charge < -0.3 is 25.8 Å². The molecule has 0 fully saturated rings. The Morgan fingerprint density at radius 1 is 0.918 bits per heavy atom. The van der Waals surface area contributed by atoms with Crippen molar-refractivity contribution in [1.29, 1.82) is 0 Å². The van der Waals surface area contributed by atoms with Gasteiger partial charge in [-0.3, -0.25) is 4.79 Å². The van der Waals surface area contributed by atoms with E-state index < -0.39 is 58.3 Å². The number of nitrogens with one attached hydrogen (secondary N) is 2. The van der Waals surface area contributed by atoms with Crippen molar-refractivity contribution in [2.45, 2.75) is 83.0 Å². The smallest absolute Gasteiger partial charge is 0.338 e. The molecule has 268 valence electrons. The van der Waals surface area contributed by atoms with E-state index in [2.05, 4.69) is 10.0 Å². The maximum absolute atomic E-state index is 14.0. The summed E-state index contributed by atoms with van der Waals surface area (Å²) >= 11 is 0. The number of rotatable bonds is 19. The van der Waals surface area contributed by atoms with Crippen molar-refractivity contribution in [1.82, 2.24) is 14.9 Å². The fourth-order valence-electron chi connectivity index (χ4n) is 5.34. The summed E-state index contributed by atoms with van der Waals surface area (Å²) in [6, 6.07) is 12.8. The van der Waals surface area contributed by atoms with Crippen molar-refractivity contribution in [3.8, 4) is 0 Å². The van der Waals surface area contributed by atoms with Crippen molar-refractivity contribution in [2.24, 2.45) is 5.73 Å². The Morgan fingerprint density at radius 2 is 1.55 bits per heavy atom. The lowest BCUT2D eigenvalue weighted by Gasteiger charge is -2.25. The highest BCUT2D eigenvalue weighted by Gasteiger charge is 2.28. The molecule has 13 heteroatoms. The molecule has 0 aromatic heterocycles. The van der Waals surface area contributed by atoms with Gasteiger partial charge >= 0.3 is 5.97 Å². The zero-order chi connectivity index (χ0) is 36.1. The summed E-state index contributed by atoms with van der Waals surface area (Å²) in [6.07, 6.45) is 1.11. The highest BCUT2D eigenvalue weighted by atomic mass is 32.2. The highest BCUT2D eigenvalue weighted by Crippen LogP contribution is 2.21. The van der Waals surface area contributed by atoms with E-state index in [1.54, 1.807) is 4.90 Å². The van der Waals surface area contributed by atoms with Gasteiger partial charge in [0.2, 0.25) is 10.0 Å². The van der Waals surface area contributed by atoms with Crippen molar-refractivity contribution < 1.29 is 36.6 Å². The minimum atomic E-state index is -4.27. The predicted molar refractivity (Wildman–Crippen MR) is 185 cm³/mol. The summed E-state index contributed by atoms with van der Waals surface area (Å²) in [4.78, 5) is 28.6. The molecule has 0 aliphatic rings. The van der Waals surface area contributed by atoms with Gasteiger partial charge in [-0.05, 0) is 79.6 Å². The number of nitrogens with two attached hydrogens (primary N) is 1. The largest absolute Gasteiger partial charge is 0.456 e. The third-order valence-corrected chi connectivity index (χ3v) is 9.38. The number of aryl methyl sites for hydroxylation is 1. The average Bonchev–Trinajstić information content (AvgIpc) is 3.06. The topological polar surface area (TPSA) is 151 Å². The standard InChI is InChI=1S/C36H48F2N4O6S/c1-5-11-42(12-6-2)35(44)28-17-29(19-32(18-28)49(46,47)41-24(4)23-43)36(45)48-34(22-40-21-26-10-8-9-25(7-3)13-26)33(39)16-27-14-30(37)20-31(38)15-27/h8-10,13-15,17-20,24,33-34,40-41,43H,5-7,11-12,16,21-23,39H2,1-4H3/t24-,33?,34?/m1/s1. The first-order chi connectivity index (χ1) is 23.3. The fourth-order valence-corrected chi connectivity index (χ4v) is 6.64. The Morgan fingerprint density at radius 3 is 2.16 bits per heavy atom. The van der Waals surface area contributed by atoms with Crippen LogP contribution in [0.3, 0.4) is 0 Å². The quantitative estimate of drug-likeness (QED) is 0.135. The van der Waals surface area contributed by atoms with Crippen LogP contribution in [0.2, 0.25) is 0 Å². The fraction of sp³-hybridized carbons (Fsp3) is 0.444. The van der Waals surface area contributed by atoms with Crippen LogP contribution >= 0.6 is 0 Å². The van der Waals surface area contributed by atoms with Crippen LogP contribution in [-0.2, 0) is 34.1 Å². The van der Waals surface area contributed by atoms with E-state index in [1.807, 2.05) is 45.0 Å². The summed E-state index contributed by atoms with van der Waals surface area (Å²) in [5.41, 5.74) is 8.66. The second kappa shape index (κ2) is 18.9. The summed E-state index contributed by atoms with van der Waals surface area (Å²) in [5, 5.41) is 12.7. The SMILES string of the molecule is CCCN(CCC)C(=O)c1cc(C(=O)OC(CNCc2cccc(CC)c2)C(N)Cc2cc(F)cc(F)c2)cc(S(=O)(=O)N[C@H](C)CO)c1. The van der Waals surface area contributed by atoms with E-state index >= 15 is 0 Å². The summed E-state index contributed by atoms with van der Waals surface area (Å²) in [5.74, 6) is -2.95. The van der Waals surface area contributed by atoms with Crippen molar-refractivity contribution in [3.63, 3.8) is 0 Å². The molecular formula is C36H48F2N4O6S. The molecule has 0 saturated heterocycles. The lowest BCUT2D eigenvalue weighted by atomic mass is 10.0. The van der Waals surface area contributed by atoms with Crippen molar-refractivity contribution in [2.75, 3.05) is 26.2 Å². The number of amides is 1. The van der Waals surface area contributed by atoms with Gasteiger partial charge in [-0.2, -0.15) is 0 Å². The molecule has 0 saturated carbocycles. The molecule has 0 spiro atoms. The predicted octanol–water partition coefficient (Wildman–Crippen LogP) is 4.33. The van der Waals surface area contributed by atoms with Gasteiger partial charge in [0, 0.05) is 49.9 Å². The number of carbonyl (C=O) groups excluding carboxylic acids is 2. The number of esters is 1. The van der Waals surface area contributed by atoms with E-state index in [-0.39, 0.29) is 34.6 Å². The normalized spacial score (nSPS) is 13.5. The van der Waals surface area contributed by atoms with Crippen LogP contribution < -0.4 is 15.8 Å². The van der Waals surface area contributed by atoms with E-state index in [0.29, 0.717) is 32.5 Å². The van der Waals surface area contributed by atoms with E-state index in [1.165, 1.54) is 19.1 Å². The molecule has 0 bridgehead atoms. The van der Waals surface area contributed by atoms with Crippen LogP contribution in [0, 0.1) is 11.6 Å².